The van der Waals surface area contributed by atoms with Gasteiger partial charge in [-0.15, -0.1) is 0 Å². The van der Waals surface area contributed by atoms with Crippen molar-refractivity contribution in [3.05, 3.63) is 59.2 Å². The van der Waals surface area contributed by atoms with Crippen LogP contribution in [-0.2, 0) is 22.3 Å². The molecule has 0 bridgehead atoms. The number of nitrogens with zero attached hydrogens (tertiary/aromatic N) is 2. The maximum Gasteiger partial charge on any atom is 0.417 e. The number of halogens is 3. The van der Waals surface area contributed by atoms with Crippen molar-refractivity contribution in [2.24, 2.45) is 0 Å². The Morgan fingerprint density at radius 1 is 1.12 bits per heavy atom. The van der Waals surface area contributed by atoms with Crippen molar-refractivity contribution >= 4 is 23.6 Å². The fourth-order valence-corrected chi connectivity index (χ4v) is 5.61. The van der Waals surface area contributed by atoms with E-state index in [0.717, 1.165) is 49.8 Å². The van der Waals surface area contributed by atoms with Gasteiger partial charge in [-0.1, -0.05) is 49.6 Å². The van der Waals surface area contributed by atoms with Gasteiger partial charge in [-0.3, -0.25) is 9.59 Å². The molecule has 1 aliphatic heterocycles. The van der Waals surface area contributed by atoms with Crippen LogP contribution >= 0.6 is 0 Å². The lowest BCUT2D eigenvalue weighted by atomic mass is 9.92. The van der Waals surface area contributed by atoms with Gasteiger partial charge in [0.05, 0.1) is 16.8 Å². The lowest BCUT2D eigenvalue weighted by molar-refractivity contribution is -0.138. The minimum absolute atomic E-state index is 0.0423. The van der Waals surface area contributed by atoms with Crippen LogP contribution in [0.4, 0.5) is 23.7 Å². The summed E-state index contributed by atoms with van der Waals surface area (Å²) in [6.45, 7) is 6.45. The summed E-state index contributed by atoms with van der Waals surface area (Å²) in [4.78, 5) is 42.3. The van der Waals surface area contributed by atoms with Crippen LogP contribution in [0.2, 0.25) is 0 Å². The predicted molar refractivity (Wildman–Crippen MR) is 151 cm³/mol. The lowest BCUT2D eigenvalue weighted by Crippen LogP contribution is -2.54. The molecule has 3 amide bonds. The molecule has 1 fully saturated rings. The van der Waals surface area contributed by atoms with E-state index in [0.29, 0.717) is 0 Å². The molecular formula is C31H38F3N3O5. The first-order chi connectivity index (χ1) is 19.8. The molecule has 4 rings (SSSR count). The van der Waals surface area contributed by atoms with Gasteiger partial charge in [0.2, 0.25) is 0 Å². The first-order valence-electron chi connectivity index (χ1n) is 14.3. The first-order valence-corrected chi connectivity index (χ1v) is 14.3. The summed E-state index contributed by atoms with van der Waals surface area (Å²) in [6.07, 6.45) is -1.25. The zero-order valence-corrected chi connectivity index (χ0v) is 24.4. The second-order valence-corrected chi connectivity index (χ2v) is 11.5. The monoisotopic (exact) mass is 589 g/mol. The number of rotatable bonds is 8. The number of carbonyl (C=O) groups excluding carboxylic acids is 3. The third kappa shape index (κ3) is 6.99. The van der Waals surface area contributed by atoms with Crippen LogP contribution in [0.25, 0.3) is 0 Å². The number of anilines is 1. The molecule has 2 aromatic rings. The third-order valence-corrected chi connectivity index (χ3v) is 7.63. The van der Waals surface area contributed by atoms with E-state index < -0.39 is 40.8 Å². The zero-order valence-electron chi connectivity index (χ0n) is 24.4. The molecule has 0 aromatic heterocycles. The topological polar surface area (TPSA) is 88.2 Å². The average molecular weight is 590 g/mol. The third-order valence-electron chi connectivity index (χ3n) is 7.63. The van der Waals surface area contributed by atoms with Crippen LogP contribution in [0.15, 0.2) is 42.5 Å². The highest BCUT2D eigenvalue weighted by Gasteiger charge is 2.45. The van der Waals surface area contributed by atoms with Gasteiger partial charge in [-0.05, 0) is 58.2 Å². The van der Waals surface area contributed by atoms with E-state index in [4.69, 9.17) is 9.47 Å². The highest BCUT2D eigenvalue weighted by Crippen LogP contribution is 2.44. The number of nitrogens with one attached hydrogen (secondary N) is 1. The molecule has 0 atom stereocenters. The van der Waals surface area contributed by atoms with Crippen LogP contribution in [0.5, 0.6) is 5.75 Å². The van der Waals surface area contributed by atoms with Crippen molar-refractivity contribution in [3.63, 3.8) is 0 Å². The van der Waals surface area contributed by atoms with Crippen LogP contribution in [0.1, 0.15) is 81.3 Å². The molecule has 42 heavy (non-hydrogen) atoms. The van der Waals surface area contributed by atoms with Crippen molar-refractivity contribution in [3.8, 4) is 5.75 Å². The van der Waals surface area contributed by atoms with E-state index in [2.05, 4.69) is 5.32 Å². The van der Waals surface area contributed by atoms with Crippen LogP contribution in [0, 0.1) is 0 Å². The lowest BCUT2D eigenvalue weighted by Gasteiger charge is -2.40. The van der Waals surface area contributed by atoms with Gasteiger partial charge in [-0.25, -0.2) is 4.79 Å². The Hall–Kier alpha value is -3.76. The minimum atomic E-state index is -4.83. The summed E-state index contributed by atoms with van der Waals surface area (Å²) < 4.78 is 54.1. The molecule has 8 nitrogen and oxygen atoms in total. The molecule has 2 aromatic carbocycles. The molecule has 1 heterocycles. The second-order valence-electron chi connectivity index (χ2n) is 11.5. The highest BCUT2D eigenvalue weighted by molar-refractivity contribution is 6.05. The van der Waals surface area contributed by atoms with Gasteiger partial charge in [0.15, 0.2) is 5.60 Å². The Labute approximate surface area is 244 Å². The number of fused-ring (bicyclic) bond motifs is 1. The number of alkyl halides is 3. The molecule has 228 valence electrons. The maximum absolute atomic E-state index is 14.4. The van der Waals surface area contributed by atoms with Crippen molar-refractivity contribution < 1.29 is 37.0 Å². The van der Waals surface area contributed by atoms with E-state index in [1.807, 2.05) is 30.3 Å². The summed E-state index contributed by atoms with van der Waals surface area (Å²) in [5.74, 6) is -1.41. The molecular weight excluding hydrogens is 551 g/mol. The van der Waals surface area contributed by atoms with Crippen molar-refractivity contribution in [1.82, 2.24) is 10.2 Å². The average Bonchev–Trinajstić information content (AvgIpc) is 2.93. The zero-order chi connectivity index (χ0) is 30.7. The molecule has 1 N–H and O–H groups in total. The van der Waals surface area contributed by atoms with Gasteiger partial charge in [-0.2, -0.15) is 13.2 Å². The molecule has 0 unspecified atom stereocenters. The molecule has 0 saturated heterocycles. The Bertz CT molecular complexity index is 1290. The van der Waals surface area contributed by atoms with Crippen molar-refractivity contribution in [2.75, 3.05) is 18.0 Å². The molecule has 1 saturated carbocycles. The number of benzene rings is 2. The summed E-state index contributed by atoms with van der Waals surface area (Å²) in [7, 11) is 0. The van der Waals surface area contributed by atoms with E-state index >= 15 is 0 Å². The van der Waals surface area contributed by atoms with Crippen molar-refractivity contribution in [1.29, 1.82) is 0 Å². The second kappa shape index (κ2) is 12.6. The Balaban J connectivity index is 1.62. The quantitative estimate of drug-likeness (QED) is 0.390. The standard InChI is InChI=1S/C31H38F3N3O5/c1-20(2)37(22-13-9-6-10-14-22)27(38)23-17-25-26(18-24(23)31(32,33)34)42-30(3,4)28(39)36(25)16-15-35-29(40)41-19-21-11-7-5-8-12-21/h5,7-8,11-12,17-18,20,22H,6,9-10,13-16,19H2,1-4H3,(H,35,40). The summed E-state index contributed by atoms with van der Waals surface area (Å²) in [6, 6.07) is 10.5. The Morgan fingerprint density at radius 2 is 1.79 bits per heavy atom. The first kappa shape index (κ1) is 31.2. The minimum Gasteiger partial charge on any atom is -0.476 e. The van der Waals surface area contributed by atoms with Gasteiger partial charge in [0, 0.05) is 25.2 Å². The maximum atomic E-state index is 14.4. The molecule has 2 aliphatic rings. The van der Waals surface area contributed by atoms with Crippen LogP contribution in [-0.4, -0.2) is 53.6 Å². The number of ether oxygens (including phenoxy) is 2. The summed E-state index contributed by atoms with van der Waals surface area (Å²) >= 11 is 0. The number of carbonyl (C=O) groups is 3. The van der Waals surface area contributed by atoms with Crippen molar-refractivity contribution in [2.45, 2.75) is 90.3 Å². The van der Waals surface area contributed by atoms with Gasteiger partial charge in [0.1, 0.15) is 12.4 Å². The molecule has 1 aliphatic carbocycles. The van der Waals surface area contributed by atoms with Crippen LogP contribution < -0.4 is 15.0 Å². The number of hydrogen-bond acceptors (Lipinski definition) is 5. The van der Waals surface area contributed by atoms with Crippen LogP contribution in [0.3, 0.4) is 0 Å². The Morgan fingerprint density at radius 3 is 2.40 bits per heavy atom. The fourth-order valence-electron chi connectivity index (χ4n) is 5.61. The molecule has 0 spiro atoms. The van der Waals surface area contributed by atoms with Gasteiger partial charge in [0.25, 0.3) is 11.8 Å². The Kier molecular flexibility index (Phi) is 9.37. The summed E-state index contributed by atoms with van der Waals surface area (Å²) in [5.41, 5.74) is -2.27. The molecule has 0 radical (unpaired) electrons. The van der Waals surface area contributed by atoms with E-state index in [-0.39, 0.29) is 43.2 Å². The predicted octanol–water partition coefficient (Wildman–Crippen LogP) is 6.32. The van der Waals surface area contributed by atoms with E-state index in [1.54, 1.807) is 18.7 Å². The highest BCUT2D eigenvalue weighted by atomic mass is 19.4. The smallest absolute Gasteiger partial charge is 0.417 e. The number of hydrogen-bond donors (Lipinski definition) is 1. The summed E-state index contributed by atoms with van der Waals surface area (Å²) in [5, 5.41) is 2.58. The fraction of sp³-hybridized carbons (Fsp3) is 0.516. The van der Waals surface area contributed by atoms with E-state index in [9.17, 15) is 27.6 Å². The number of alkyl carbamates (subject to hydrolysis) is 1. The molecule has 11 heteroatoms. The largest absolute Gasteiger partial charge is 0.476 e. The SMILES string of the molecule is CC(C)N(C(=O)c1cc2c(cc1C(F)(F)F)OC(C)(C)C(=O)N2CCNC(=O)OCc1ccccc1)C1CCCCC1. The van der Waals surface area contributed by atoms with Gasteiger partial charge >= 0.3 is 12.3 Å². The normalized spacial score (nSPS) is 17.0. The van der Waals surface area contributed by atoms with E-state index in [1.165, 1.54) is 18.7 Å². The number of amides is 3. The van der Waals surface area contributed by atoms with Gasteiger partial charge < -0.3 is 24.6 Å².